The van der Waals surface area contributed by atoms with Gasteiger partial charge in [-0.15, -0.1) is 0 Å². The molecule has 12 heavy (non-hydrogen) atoms. The molecule has 0 heterocycles. The summed E-state index contributed by atoms with van der Waals surface area (Å²) in [5.41, 5.74) is 0. The minimum Gasteiger partial charge on any atom is -0.285 e. The smallest absolute Gasteiger partial charge is 0.237 e. The molecule has 0 spiro atoms. The van der Waals surface area contributed by atoms with E-state index in [9.17, 15) is 18.4 Å². The zero-order valence-electron chi connectivity index (χ0n) is 5.33. The summed E-state index contributed by atoms with van der Waals surface area (Å²) < 4.78 is 24.8. The maximum Gasteiger partial charge on any atom is 0.237 e. The van der Waals surface area contributed by atoms with E-state index in [4.69, 9.17) is 23.2 Å². The van der Waals surface area contributed by atoms with Crippen molar-refractivity contribution in [2.75, 3.05) is 0 Å². The van der Waals surface area contributed by atoms with E-state index in [0.29, 0.717) is 0 Å². The first-order valence-corrected chi connectivity index (χ1v) is 3.42. The Morgan fingerprint density at radius 2 is 1.08 bits per heavy atom. The van der Waals surface area contributed by atoms with E-state index in [-0.39, 0.29) is 0 Å². The summed E-state index contributed by atoms with van der Waals surface area (Å²) in [5.74, 6) is -6.40. The predicted octanol–water partition coefficient (Wildman–Crippen LogP) is 1.98. The fraction of sp³-hybridized carbons (Fsp3) is 0. The quantitative estimate of drug-likeness (QED) is 0.576. The van der Waals surface area contributed by atoms with Crippen molar-refractivity contribution < 1.29 is 18.4 Å². The number of allylic oxidation sites excluding steroid dienone is 4. The summed E-state index contributed by atoms with van der Waals surface area (Å²) in [7, 11) is 0. The van der Waals surface area contributed by atoms with Crippen molar-refractivity contribution in [2.45, 2.75) is 0 Å². The van der Waals surface area contributed by atoms with Crippen LogP contribution in [0.2, 0.25) is 0 Å². The number of hydrogen-bond donors (Lipinski definition) is 0. The molecule has 0 saturated heterocycles. The van der Waals surface area contributed by atoms with E-state index in [0.717, 1.165) is 0 Å². The number of hydrogen-bond acceptors (Lipinski definition) is 2. The molecule has 0 saturated carbocycles. The minimum atomic E-state index is -1.80. The first kappa shape index (κ1) is 9.35. The molecule has 1 aliphatic rings. The molecule has 0 radical (unpaired) electrons. The number of halogens is 4. The third kappa shape index (κ3) is 1.17. The van der Waals surface area contributed by atoms with E-state index in [1.165, 1.54) is 0 Å². The largest absolute Gasteiger partial charge is 0.285 e. The van der Waals surface area contributed by atoms with Crippen LogP contribution in [0.3, 0.4) is 0 Å². The van der Waals surface area contributed by atoms with Gasteiger partial charge in [0, 0.05) is 0 Å². The van der Waals surface area contributed by atoms with Crippen LogP contribution in [0.15, 0.2) is 21.7 Å². The van der Waals surface area contributed by atoms with Gasteiger partial charge in [0.25, 0.3) is 0 Å². The van der Waals surface area contributed by atoms with Crippen molar-refractivity contribution in [1.82, 2.24) is 0 Å². The third-order valence-corrected chi connectivity index (χ3v) is 2.00. The molecule has 6 heteroatoms. The summed E-state index contributed by atoms with van der Waals surface area (Å²) in [6.07, 6.45) is 0. The van der Waals surface area contributed by atoms with Crippen molar-refractivity contribution in [3.63, 3.8) is 0 Å². The maximum atomic E-state index is 12.4. The molecular weight excluding hydrogens is 213 g/mol. The highest BCUT2D eigenvalue weighted by atomic mass is 35.5. The Balaban J connectivity index is 3.32. The minimum absolute atomic E-state index is 0.791. The highest BCUT2D eigenvalue weighted by molar-refractivity contribution is 6.58. The van der Waals surface area contributed by atoms with Gasteiger partial charge < -0.3 is 0 Å². The average molecular weight is 213 g/mol. The molecule has 0 fully saturated rings. The Bertz CT molecular complexity index is 281. The van der Waals surface area contributed by atoms with Crippen molar-refractivity contribution in [3.8, 4) is 0 Å². The Labute approximate surface area is 75.4 Å². The Morgan fingerprint density at radius 3 is 1.33 bits per heavy atom. The average Bonchev–Trinajstić information content (AvgIpc) is 2.08. The molecule has 0 aliphatic heterocycles. The number of Topliss-reactive ketones (excluding diaryl/α,β-unsaturated/α-hetero) is 2. The predicted molar refractivity (Wildman–Crippen MR) is 38.0 cm³/mol. The molecule has 0 aromatic heterocycles. The second-order valence-corrected chi connectivity index (χ2v) is 2.67. The second-order valence-electron chi connectivity index (χ2n) is 1.91. The molecule has 1 rings (SSSR count). The van der Waals surface area contributed by atoms with Gasteiger partial charge >= 0.3 is 0 Å². The first-order valence-electron chi connectivity index (χ1n) is 2.66. The van der Waals surface area contributed by atoms with Crippen LogP contribution in [0.25, 0.3) is 0 Å². The summed E-state index contributed by atoms with van der Waals surface area (Å²) in [6.45, 7) is 0. The highest BCUT2D eigenvalue weighted by Crippen LogP contribution is 2.30. The van der Waals surface area contributed by atoms with E-state index in [1.54, 1.807) is 0 Å². The van der Waals surface area contributed by atoms with Crippen LogP contribution in [-0.4, -0.2) is 11.6 Å². The molecule has 0 N–H and O–H groups in total. The molecule has 0 aromatic carbocycles. The maximum absolute atomic E-state index is 12.4. The molecule has 2 nitrogen and oxygen atoms in total. The first-order chi connectivity index (χ1) is 5.46. The van der Waals surface area contributed by atoms with Gasteiger partial charge in [0.15, 0.2) is 0 Å². The third-order valence-electron chi connectivity index (χ3n) is 1.18. The molecule has 0 amide bonds. The van der Waals surface area contributed by atoms with Crippen LogP contribution in [0.1, 0.15) is 0 Å². The lowest BCUT2D eigenvalue weighted by molar-refractivity contribution is -0.117. The van der Waals surface area contributed by atoms with E-state index in [1.807, 2.05) is 0 Å². The van der Waals surface area contributed by atoms with Crippen LogP contribution in [0, 0.1) is 0 Å². The monoisotopic (exact) mass is 212 g/mol. The number of carbonyl (C=O) groups excluding carboxylic acids is 2. The SMILES string of the molecule is O=C1C(F)=C(F)C(=O)C(Cl)=C1Cl. The van der Waals surface area contributed by atoms with Gasteiger partial charge in [-0.2, -0.15) is 8.78 Å². The van der Waals surface area contributed by atoms with E-state index in [2.05, 4.69) is 0 Å². The second kappa shape index (κ2) is 2.95. The lowest BCUT2D eigenvalue weighted by Gasteiger charge is -2.06. The Morgan fingerprint density at radius 1 is 0.833 bits per heavy atom. The van der Waals surface area contributed by atoms with Crippen LogP contribution in [0.4, 0.5) is 8.78 Å². The highest BCUT2D eigenvalue weighted by Gasteiger charge is 2.34. The van der Waals surface area contributed by atoms with E-state index >= 15 is 0 Å². The molecule has 0 aromatic rings. The van der Waals surface area contributed by atoms with Gasteiger partial charge in [-0.05, 0) is 0 Å². The summed E-state index contributed by atoms with van der Waals surface area (Å²) in [5, 5.41) is -1.58. The molecule has 64 valence electrons. The standard InChI is InChI=1S/C6Cl2F2O2/c7-1-2(8)6(12)4(10)3(9)5(1)11. The summed E-state index contributed by atoms with van der Waals surface area (Å²) in [4.78, 5) is 21.2. The fourth-order valence-corrected chi connectivity index (χ4v) is 0.929. The van der Waals surface area contributed by atoms with Crippen molar-refractivity contribution in [1.29, 1.82) is 0 Å². The Kier molecular flexibility index (Phi) is 2.30. The number of ketones is 2. The number of rotatable bonds is 0. The molecule has 0 unspecified atom stereocenters. The summed E-state index contributed by atoms with van der Waals surface area (Å²) in [6, 6.07) is 0. The molecular formula is C6Cl2F2O2. The Hall–Kier alpha value is -0.740. The normalized spacial score (nSPS) is 19.3. The topological polar surface area (TPSA) is 34.1 Å². The molecule has 0 bridgehead atoms. The van der Waals surface area contributed by atoms with Crippen LogP contribution < -0.4 is 0 Å². The van der Waals surface area contributed by atoms with Crippen LogP contribution >= 0.6 is 23.2 Å². The van der Waals surface area contributed by atoms with Gasteiger partial charge in [0.2, 0.25) is 23.2 Å². The van der Waals surface area contributed by atoms with Crippen molar-refractivity contribution in [2.24, 2.45) is 0 Å². The lowest BCUT2D eigenvalue weighted by Crippen LogP contribution is -2.15. The lowest BCUT2D eigenvalue weighted by atomic mass is 10.1. The van der Waals surface area contributed by atoms with Crippen LogP contribution in [0.5, 0.6) is 0 Å². The zero-order chi connectivity index (χ0) is 9.46. The van der Waals surface area contributed by atoms with Crippen molar-refractivity contribution in [3.05, 3.63) is 21.7 Å². The van der Waals surface area contributed by atoms with Crippen molar-refractivity contribution >= 4 is 34.8 Å². The van der Waals surface area contributed by atoms with Gasteiger partial charge in [-0.1, -0.05) is 23.2 Å². The zero-order valence-corrected chi connectivity index (χ0v) is 6.84. The summed E-state index contributed by atoms with van der Waals surface area (Å²) >= 11 is 10.2. The number of carbonyl (C=O) groups is 2. The fourth-order valence-electron chi connectivity index (χ4n) is 0.591. The van der Waals surface area contributed by atoms with Crippen LogP contribution in [-0.2, 0) is 9.59 Å². The van der Waals surface area contributed by atoms with E-state index < -0.39 is 33.3 Å². The van der Waals surface area contributed by atoms with Gasteiger partial charge in [-0.25, -0.2) is 0 Å². The van der Waals surface area contributed by atoms with Gasteiger partial charge in [0.1, 0.15) is 10.1 Å². The van der Waals surface area contributed by atoms with Gasteiger partial charge in [0.05, 0.1) is 0 Å². The molecule has 0 atom stereocenters. The van der Waals surface area contributed by atoms with Gasteiger partial charge in [-0.3, -0.25) is 9.59 Å². The molecule has 1 aliphatic carbocycles.